The molecule has 78 valence electrons. The minimum atomic E-state index is -2.64. The molecule has 0 atom stereocenters. The van der Waals surface area contributed by atoms with Crippen LogP contribution in [0.15, 0.2) is 6.20 Å². The molecule has 0 aliphatic rings. The second-order valence-corrected chi connectivity index (χ2v) is 4.19. The number of halogens is 4. The van der Waals surface area contributed by atoms with E-state index < -0.39 is 13.0 Å². The highest BCUT2D eigenvalue weighted by Gasteiger charge is 2.18. The van der Waals surface area contributed by atoms with Crippen molar-refractivity contribution in [2.24, 2.45) is 0 Å². The van der Waals surface area contributed by atoms with Crippen molar-refractivity contribution in [2.45, 2.75) is 18.4 Å². The summed E-state index contributed by atoms with van der Waals surface area (Å²) >= 11 is 5.16. The molecule has 0 radical (unpaired) electrons. The minimum Gasteiger partial charge on any atom is -0.392 e. The predicted octanol–water partition coefficient (Wildman–Crippen LogP) is 3.01. The second kappa shape index (κ2) is 5.32. The third kappa shape index (κ3) is 2.40. The Bertz CT molecular complexity index is 335. The van der Waals surface area contributed by atoms with Crippen LogP contribution in [0.2, 0.25) is 0 Å². The summed E-state index contributed by atoms with van der Waals surface area (Å²) in [4.78, 5) is 3.64. The number of nitrogens with zero attached hydrogens (tertiary/aromatic N) is 1. The van der Waals surface area contributed by atoms with Crippen molar-refractivity contribution in [3.8, 4) is 0 Å². The van der Waals surface area contributed by atoms with Gasteiger partial charge in [0.1, 0.15) is 5.69 Å². The number of aliphatic hydroxyl groups excluding tert-OH is 1. The van der Waals surface area contributed by atoms with E-state index in [2.05, 4.69) is 20.9 Å². The van der Waals surface area contributed by atoms with Crippen LogP contribution in [-0.2, 0) is 11.9 Å². The molecule has 0 aliphatic heterocycles. The van der Waals surface area contributed by atoms with Crippen LogP contribution < -0.4 is 0 Å². The van der Waals surface area contributed by atoms with Crippen molar-refractivity contribution in [1.82, 2.24) is 4.98 Å². The number of aliphatic hydroxyl groups is 1. The Hall–Kier alpha value is 0.180. The van der Waals surface area contributed by atoms with Crippen LogP contribution >= 0.6 is 38.5 Å². The summed E-state index contributed by atoms with van der Waals surface area (Å²) in [6, 6.07) is 0. The van der Waals surface area contributed by atoms with E-state index in [0.29, 0.717) is 8.90 Å². The van der Waals surface area contributed by atoms with Gasteiger partial charge in [0.2, 0.25) is 0 Å². The standard InChI is InChI=1S/C8H7BrF2INO/c9-1-4-2-13-7(8(10)11)5(3-14)6(4)12/h2,8,14H,1,3H2. The monoisotopic (exact) mass is 377 g/mol. The molecule has 0 saturated carbocycles. The number of hydrogen-bond donors (Lipinski definition) is 1. The van der Waals surface area contributed by atoms with Gasteiger partial charge in [-0.2, -0.15) is 0 Å². The lowest BCUT2D eigenvalue weighted by molar-refractivity contribution is 0.141. The summed E-state index contributed by atoms with van der Waals surface area (Å²) in [5.74, 6) is 0. The van der Waals surface area contributed by atoms with Gasteiger partial charge >= 0.3 is 0 Å². The van der Waals surface area contributed by atoms with E-state index >= 15 is 0 Å². The van der Waals surface area contributed by atoms with Crippen LogP contribution in [0.5, 0.6) is 0 Å². The second-order valence-electron chi connectivity index (χ2n) is 2.55. The van der Waals surface area contributed by atoms with E-state index in [9.17, 15) is 8.78 Å². The van der Waals surface area contributed by atoms with Crippen LogP contribution in [0.25, 0.3) is 0 Å². The van der Waals surface area contributed by atoms with E-state index in [1.54, 1.807) is 0 Å². The Kier molecular flexibility index (Phi) is 4.65. The Labute approximate surface area is 102 Å². The van der Waals surface area contributed by atoms with E-state index in [0.717, 1.165) is 5.56 Å². The average molecular weight is 378 g/mol. The fourth-order valence-corrected chi connectivity index (χ4v) is 2.75. The van der Waals surface area contributed by atoms with Gasteiger partial charge in [-0.1, -0.05) is 15.9 Å². The summed E-state index contributed by atoms with van der Waals surface area (Å²) in [7, 11) is 0. The molecule has 0 spiro atoms. The number of alkyl halides is 3. The Morgan fingerprint density at radius 1 is 1.57 bits per heavy atom. The van der Waals surface area contributed by atoms with Gasteiger partial charge in [-0.15, -0.1) is 0 Å². The van der Waals surface area contributed by atoms with E-state index in [1.165, 1.54) is 6.20 Å². The van der Waals surface area contributed by atoms with Crippen LogP contribution in [0.1, 0.15) is 23.2 Å². The first-order valence-corrected chi connectivity index (χ1v) is 5.93. The molecular formula is C8H7BrF2INO. The molecule has 1 N–H and O–H groups in total. The number of pyridine rings is 1. The highest BCUT2D eigenvalue weighted by molar-refractivity contribution is 14.1. The maximum absolute atomic E-state index is 12.4. The zero-order valence-electron chi connectivity index (χ0n) is 6.98. The minimum absolute atomic E-state index is 0.220. The third-order valence-electron chi connectivity index (χ3n) is 1.72. The highest BCUT2D eigenvalue weighted by atomic mass is 127. The van der Waals surface area contributed by atoms with E-state index in [-0.39, 0.29) is 11.3 Å². The SMILES string of the molecule is OCc1c(C(F)F)ncc(CBr)c1I. The first kappa shape index (κ1) is 12.3. The Morgan fingerprint density at radius 3 is 2.64 bits per heavy atom. The van der Waals surface area contributed by atoms with Crippen molar-refractivity contribution in [2.75, 3.05) is 0 Å². The summed E-state index contributed by atoms with van der Waals surface area (Å²) in [6.45, 7) is -0.411. The van der Waals surface area contributed by atoms with Crippen molar-refractivity contribution < 1.29 is 13.9 Å². The van der Waals surface area contributed by atoms with Crippen molar-refractivity contribution in [3.05, 3.63) is 26.6 Å². The van der Waals surface area contributed by atoms with Crippen LogP contribution in [0, 0.1) is 3.57 Å². The number of hydrogen-bond acceptors (Lipinski definition) is 2. The lowest BCUT2D eigenvalue weighted by Crippen LogP contribution is -2.04. The van der Waals surface area contributed by atoms with Gasteiger partial charge in [-0.05, 0) is 28.2 Å². The molecule has 2 nitrogen and oxygen atoms in total. The Morgan fingerprint density at radius 2 is 2.21 bits per heavy atom. The fourth-order valence-electron chi connectivity index (χ4n) is 1.02. The molecule has 14 heavy (non-hydrogen) atoms. The van der Waals surface area contributed by atoms with Crippen molar-refractivity contribution in [3.63, 3.8) is 0 Å². The summed E-state index contributed by atoms with van der Waals surface area (Å²) < 4.78 is 25.5. The van der Waals surface area contributed by atoms with Gasteiger partial charge in [-0.25, -0.2) is 8.78 Å². The number of rotatable bonds is 3. The zero-order chi connectivity index (χ0) is 10.7. The van der Waals surface area contributed by atoms with Gasteiger partial charge in [0, 0.05) is 20.7 Å². The molecule has 0 aliphatic carbocycles. The average Bonchev–Trinajstić information content (AvgIpc) is 2.17. The molecule has 1 aromatic heterocycles. The van der Waals surface area contributed by atoms with E-state index in [4.69, 9.17) is 5.11 Å². The molecule has 1 aromatic rings. The predicted molar refractivity (Wildman–Crippen MR) is 60.5 cm³/mol. The van der Waals surface area contributed by atoms with Crippen LogP contribution in [0.4, 0.5) is 8.78 Å². The fraction of sp³-hybridized carbons (Fsp3) is 0.375. The molecule has 1 heterocycles. The molecule has 0 amide bonds. The van der Waals surface area contributed by atoms with Gasteiger partial charge in [0.05, 0.1) is 6.61 Å². The molecule has 0 unspecified atom stereocenters. The molecule has 1 rings (SSSR count). The third-order valence-corrected chi connectivity index (χ3v) is 3.67. The maximum Gasteiger partial charge on any atom is 0.280 e. The number of aromatic nitrogens is 1. The highest BCUT2D eigenvalue weighted by Crippen LogP contribution is 2.27. The van der Waals surface area contributed by atoms with Gasteiger partial charge in [-0.3, -0.25) is 4.98 Å². The molecule has 0 fully saturated rings. The quantitative estimate of drug-likeness (QED) is 0.648. The topological polar surface area (TPSA) is 33.1 Å². The smallest absolute Gasteiger partial charge is 0.280 e. The first-order valence-electron chi connectivity index (χ1n) is 3.73. The summed E-state index contributed by atoms with van der Waals surface area (Å²) in [6.07, 6.45) is -1.24. The maximum atomic E-state index is 12.4. The molecule has 0 aromatic carbocycles. The van der Waals surface area contributed by atoms with E-state index in [1.807, 2.05) is 22.6 Å². The zero-order valence-corrected chi connectivity index (χ0v) is 10.7. The largest absolute Gasteiger partial charge is 0.392 e. The van der Waals surface area contributed by atoms with Crippen molar-refractivity contribution >= 4 is 38.5 Å². The summed E-state index contributed by atoms with van der Waals surface area (Å²) in [5, 5.41) is 9.51. The molecule has 0 bridgehead atoms. The normalized spacial score (nSPS) is 11.0. The molecule has 0 saturated heterocycles. The van der Waals surface area contributed by atoms with Crippen LogP contribution in [0.3, 0.4) is 0 Å². The van der Waals surface area contributed by atoms with Crippen LogP contribution in [-0.4, -0.2) is 10.1 Å². The molecular weight excluding hydrogens is 371 g/mol. The summed E-state index contributed by atoms with van der Waals surface area (Å²) in [5.41, 5.74) is 0.693. The van der Waals surface area contributed by atoms with Gasteiger partial charge in [0.25, 0.3) is 6.43 Å². The van der Waals surface area contributed by atoms with Gasteiger partial charge < -0.3 is 5.11 Å². The molecule has 6 heteroatoms. The first-order chi connectivity index (χ1) is 6.61. The lowest BCUT2D eigenvalue weighted by Gasteiger charge is -2.10. The Balaban J connectivity index is 3.28. The van der Waals surface area contributed by atoms with Crippen molar-refractivity contribution in [1.29, 1.82) is 0 Å². The van der Waals surface area contributed by atoms with Gasteiger partial charge in [0.15, 0.2) is 0 Å². The lowest BCUT2D eigenvalue weighted by atomic mass is 10.1.